The fourth-order valence-electron chi connectivity index (χ4n) is 4.47. The first kappa shape index (κ1) is 17.4. The largest absolute Gasteiger partial charge is 0.369 e. The number of hydrogen-bond acceptors (Lipinski definition) is 6. The summed E-state index contributed by atoms with van der Waals surface area (Å²) in [5, 5.41) is 0. The van der Waals surface area contributed by atoms with Crippen LogP contribution in [0.1, 0.15) is 35.5 Å². The van der Waals surface area contributed by atoms with Gasteiger partial charge in [-0.05, 0) is 38.3 Å². The van der Waals surface area contributed by atoms with Crippen LogP contribution in [0, 0.1) is 19.8 Å². The van der Waals surface area contributed by atoms with Crippen LogP contribution in [0.3, 0.4) is 0 Å². The second-order valence-corrected chi connectivity index (χ2v) is 8.21. The van der Waals surface area contributed by atoms with Gasteiger partial charge in [-0.1, -0.05) is 0 Å². The molecule has 2 aromatic heterocycles. The van der Waals surface area contributed by atoms with E-state index in [1.165, 1.54) is 6.42 Å². The van der Waals surface area contributed by atoms with Crippen LogP contribution >= 0.6 is 0 Å². The maximum atomic E-state index is 13.2. The van der Waals surface area contributed by atoms with Gasteiger partial charge in [0.2, 0.25) is 5.91 Å². The number of amides is 1. The van der Waals surface area contributed by atoms with Gasteiger partial charge in [0.15, 0.2) is 0 Å². The van der Waals surface area contributed by atoms with E-state index in [0.717, 1.165) is 66.8 Å². The molecule has 5 rings (SSSR count). The van der Waals surface area contributed by atoms with Gasteiger partial charge in [-0.3, -0.25) is 9.78 Å². The molecule has 0 aromatic carbocycles. The maximum Gasteiger partial charge on any atom is 0.228 e. The first-order chi connectivity index (χ1) is 13.6. The zero-order valence-electron chi connectivity index (χ0n) is 16.6. The molecule has 3 aliphatic heterocycles. The third kappa shape index (κ3) is 2.99. The van der Waals surface area contributed by atoms with E-state index in [0.29, 0.717) is 13.1 Å². The van der Waals surface area contributed by atoms with Crippen LogP contribution in [0.4, 0.5) is 11.5 Å². The van der Waals surface area contributed by atoms with Crippen molar-refractivity contribution in [3.63, 3.8) is 0 Å². The highest BCUT2D eigenvalue weighted by molar-refractivity contribution is 5.81. The minimum Gasteiger partial charge on any atom is -0.369 e. The molecule has 0 N–H and O–H groups in total. The van der Waals surface area contributed by atoms with E-state index in [1.54, 1.807) is 0 Å². The van der Waals surface area contributed by atoms with Gasteiger partial charge in [0.05, 0.1) is 36.6 Å². The highest BCUT2D eigenvalue weighted by Gasteiger charge is 2.36. The molecule has 0 bridgehead atoms. The van der Waals surface area contributed by atoms with Crippen LogP contribution in [0.25, 0.3) is 0 Å². The Hall–Kier alpha value is -2.70. The van der Waals surface area contributed by atoms with Gasteiger partial charge in [-0.2, -0.15) is 0 Å². The number of hydrogen-bond donors (Lipinski definition) is 0. The van der Waals surface area contributed by atoms with Crippen LogP contribution < -0.4 is 9.80 Å². The summed E-state index contributed by atoms with van der Waals surface area (Å²) in [7, 11) is 0. The van der Waals surface area contributed by atoms with E-state index in [9.17, 15) is 4.79 Å². The second-order valence-electron chi connectivity index (χ2n) is 8.21. The van der Waals surface area contributed by atoms with E-state index < -0.39 is 0 Å². The molecule has 0 radical (unpaired) electrons. The fraction of sp³-hybridized carbons (Fsp3) is 0.524. The quantitative estimate of drug-likeness (QED) is 0.815. The summed E-state index contributed by atoms with van der Waals surface area (Å²) in [5.41, 5.74) is 4.44. The lowest BCUT2D eigenvalue weighted by Gasteiger charge is -2.33. The Morgan fingerprint density at radius 2 is 1.93 bits per heavy atom. The van der Waals surface area contributed by atoms with Gasteiger partial charge in [-0.15, -0.1) is 0 Å². The molecule has 1 amide bonds. The number of pyridine rings is 1. The molecular formula is C21H26N6O. The van der Waals surface area contributed by atoms with E-state index in [1.807, 2.05) is 24.2 Å². The number of carbonyl (C=O) groups excluding carboxylic acids is 1. The van der Waals surface area contributed by atoms with Crippen LogP contribution in [-0.4, -0.2) is 51.9 Å². The number of carbonyl (C=O) groups is 1. The summed E-state index contributed by atoms with van der Waals surface area (Å²) in [4.78, 5) is 33.4. The summed E-state index contributed by atoms with van der Waals surface area (Å²) in [6.07, 6.45) is 5.86. The van der Waals surface area contributed by atoms with Gasteiger partial charge in [0, 0.05) is 37.9 Å². The highest BCUT2D eigenvalue weighted by Crippen LogP contribution is 2.33. The van der Waals surface area contributed by atoms with Crippen molar-refractivity contribution in [2.75, 3.05) is 36.0 Å². The van der Waals surface area contributed by atoms with Crippen molar-refractivity contribution < 1.29 is 4.79 Å². The van der Waals surface area contributed by atoms with E-state index >= 15 is 0 Å². The molecule has 2 saturated heterocycles. The van der Waals surface area contributed by atoms with E-state index in [2.05, 4.69) is 37.7 Å². The number of nitrogens with zero attached hydrogens (tertiary/aromatic N) is 6. The fourth-order valence-corrected chi connectivity index (χ4v) is 4.47. The van der Waals surface area contributed by atoms with Crippen LogP contribution in [0.5, 0.6) is 0 Å². The van der Waals surface area contributed by atoms with Gasteiger partial charge >= 0.3 is 0 Å². The monoisotopic (exact) mass is 378 g/mol. The number of rotatable bonds is 3. The second kappa shape index (κ2) is 6.72. The molecule has 2 aromatic rings. The molecule has 1 unspecified atom stereocenters. The predicted molar refractivity (Wildman–Crippen MR) is 107 cm³/mol. The molecule has 0 saturated carbocycles. The summed E-state index contributed by atoms with van der Waals surface area (Å²) in [5.74, 6) is 2.13. The van der Waals surface area contributed by atoms with Crippen molar-refractivity contribution in [2.45, 2.75) is 39.8 Å². The summed E-state index contributed by atoms with van der Waals surface area (Å²) in [6.45, 7) is 9.02. The summed E-state index contributed by atoms with van der Waals surface area (Å²) >= 11 is 0. The summed E-state index contributed by atoms with van der Waals surface area (Å²) in [6, 6.07) is 2.14. The standard InChI is InChI=1S/C21H26N6O/c1-14-8-17(10-22-9-14)26-7-4-16(11-26)21(28)27-12-18-19(13-27)23-15(2)24-20(18)25-5-3-6-25/h8-10,16H,3-7,11-13H2,1-2H3. The molecular weight excluding hydrogens is 352 g/mol. The molecule has 2 fully saturated rings. The average Bonchev–Trinajstić information content (AvgIpc) is 3.27. The van der Waals surface area contributed by atoms with Crippen molar-refractivity contribution >= 4 is 17.4 Å². The number of aromatic nitrogens is 3. The van der Waals surface area contributed by atoms with Crippen molar-refractivity contribution in [1.29, 1.82) is 0 Å². The molecule has 7 nitrogen and oxygen atoms in total. The molecule has 146 valence electrons. The topological polar surface area (TPSA) is 65.5 Å². The Kier molecular flexibility index (Phi) is 4.18. The smallest absolute Gasteiger partial charge is 0.228 e. The van der Waals surface area contributed by atoms with Crippen LogP contribution in [-0.2, 0) is 17.9 Å². The maximum absolute atomic E-state index is 13.2. The zero-order valence-corrected chi connectivity index (χ0v) is 16.6. The summed E-state index contributed by atoms with van der Waals surface area (Å²) < 4.78 is 0. The number of aryl methyl sites for hydroxylation is 2. The molecule has 28 heavy (non-hydrogen) atoms. The zero-order chi connectivity index (χ0) is 19.3. The lowest BCUT2D eigenvalue weighted by Crippen LogP contribution is -2.39. The van der Waals surface area contributed by atoms with Gasteiger partial charge < -0.3 is 14.7 Å². The minimum atomic E-state index is 0.0383. The number of anilines is 2. The first-order valence-electron chi connectivity index (χ1n) is 10.2. The van der Waals surface area contributed by atoms with Crippen molar-refractivity contribution in [2.24, 2.45) is 5.92 Å². The van der Waals surface area contributed by atoms with Crippen molar-refractivity contribution in [3.8, 4) is 0 Å². The van der Waals surface area contributed by atoms with Crippen LogP contribution in [0.15, 0.2) is 18.5 Å². The normalized spacial score (nSPS) is 21.1. The Morgan fingerprint density at radius 1 is 1.07 bits per heavy atom. The van der Waals surface area contributed by atoms with Crippen molar-refractivity contribution in [1.82, 2.24) is 19.9 Å². The minimum absolute atomic E-state index is 0.0383. The molecule has 0 spiro atoms. The molecule has 1 atom stereocenters. The van der Waals surface area contributed by atoms with E-state index in [-0.39, 0.29) is 11.8 Å². The Bertz CT molecular complexity index is 925. The average molecular weight is 378 g/mol. The lowest BCUT2D eigenvalue weighted by molar-refractivity contribution is -0.135. The van der Waals surface area contributed by atoms with Gasteiger partial charge in [-0.25, -0.2) is 9.97 Å². The molecule has 3 aliphatic rings. The number of fused-ring (bicyclic) bond motifs is 1. The lowest BCUT2D eigenvalue weighted by atomic mass is 10.1. The van der Waals surface area contributed by atoms with E-state index in [4.69, 9.17) is 0 Å². The first-order valence-corrected chi connectivity index (χ1v) is 10.2. The van der Waals surface area contributed by atoms with Crippen molar-refractivity contribution in [3.05, 3.63) is 41.1 Å². The highest BCUT2D eigenvalue weighted by atomic mass is 16.2. The Balaban J connectivity index is 1.30. The van der Waals surface area contributed by atoms with Crippen LogP contribution in [0.2, 0.25) is 0 Å². The Labute approximate surface area is 165 Å². The molecule has 5 heterocycles. The third-order valence-corrected chi connectivity index (χ3v) is 6.10. The molecule has 7 heteroatoms. The third-order valence-electron chi connectivity index (χ3n) is 6.10. The predicted octanol–water partition coefficient (Wildman–Crippen LogP) is 2.07. The van der Waals surface area contributed by atoms with Gasteiger partial charge in [0.25, 0.3) is 0 Å². The SMILES string of the molecule is Cc1cncc(N2CCC(C(=O)N3Cc4nc(C)nc(N5CCC5)c4C3)C2)c1. The molecule has 0 aliphatic carbocycles. The Morgan fingerprint density at radius 3 is 2.68 bits per heavy atom. The van der Waals surface area contributed by atoms with Gasteiger partial charge in [0.1, 0.15) is 11.6 Å².